The maximum atomic E-state index is 6.09. The molecule has 10 heteroatoms. The van der Waals surface area contributed by atoms with Gasteiger partial charge in [-0.25, -0.2) is 4.98 Å². The Morgan fingerprint density at radius 3 is 1.95 bits per heavy atom. The lowest BCUT2D eigenvalue weighted by Crippen LogP contribution is -2.08. The third-order valence-electron chi connectivity index (χ3n) is 6.49. The van der Waals surface area contributed by atoms with Crippen molar-refractivity contribution in [3.8, 4) is 56.7 Å². The largest absolute Gasteiger partial charge is 0.497 e. The summed E-state index contributed by atoms with van der Waals surface area (Å²) in [7, 11) is 4.96. The first-order chi connectivity index (χ1) is 19.6. The van der Waals surface area contributed by atoms with Crippen molar-refractivity contribution in [3.05, 3.63) is 84.9 Å². The van der Waals surface area contributed by atoms with E-state index in [0.717, 1.165) is 33.7 Å². The maximum Gasteiger partial charge on any atom is 0.227 e. The van der Waals surface area contributed by atoms with Gasteiger partial charge in [0.2, 0.25) is 17.8 Å². The number of nitrogens with one attached hydrogen (secondary N) is 1. The molecule has 6 rings (SSSR count). The Hall–Kier alpha value is -5.51. The quantitative estimate of drug-likeness (QED) is 0.286. The molecule has 0 unspecified atom stereocenters. The van der Waals surface area contributed by atoms with E-state index in [9.17, 15) is 0 Å². The van der Waals surface area contributed by atoms with E-state index in [4.69, 9.17) is 25.3 Å². The van der Waals surface area contributed by atoms with Crippen molar-refractivity contribution in [2.24, 2.45) is 0 Å². The number of nitrogens with zero attached hydrogens (tertiary/aromatic N) is 6. The van der Waals surface area contributed by atoms with Gasteiger partial charge in [0, 0.05) is 12.6 Å². The number of rotatable bonds is 7. The fraction of sp³-hybridized carbons (Fsp3) is 0.100. The van der Waals surface area contributed by atoms with E-state index >= 15 is 0 Å². The van der Waals surface area contributed by atoms with Crippen molar-refractivity contribution in [2.45, 2.75) is 0 Å². The third-order valence-corrected chi connectivity index (χ3v) is 6.49. The Balaban J connectivity index is 1.76. The summed E-state index contributed by atoms with van der Waals surface area (Å²) in [5.41, 5.74) is 12.1. The predicted molar refractivity (Wildman–Crippen MR) is 155 cm³/mol. The van der Waals surface area contributed by atoms with E-state index in [-0.39, 0.29) is 5.95 Å². The van der Waals surface area contributed by atoms with Crippen molar-refractivity contribution in [1.29, 1.82) is 0 Å². The Labute approximate surface area is 230 Å². The molecule has 0 aliphatic heterocycles. The zero-order chi connectivity index (χ0) is 27.6. The molecular weight excluding hydrogens is 504 g/mol. The minimum Gasteiger partial charge on any atom is -0.497 e. The van der Waals surface area contributed by atoms with Crippen LogP contribution in [0, 0.1) is 0 Å². The van der Waals surface area contributed by atoms with E-state index in [2.05, 4.69) is 20.3 Å². The summed E-state index contributed by atoms with van der Waals surface area (Å²) in [5, 5.41) is 8.00. The molecule has 3 aromatic carbocycles. The second-order valence-corrected chi connectivity index (χ2v) is 8.86. The number of hydrogen-bond donors (Lipinski definition) is 2. The molecule has 40 heavy (non-hydrogen) atoms. The van der Waals surface area contributed by atoms with Crippen LogP contribution in [0.3, 0.4) is 0 Å². The number of methoxy groups -OCH3 is 2. The van der Waals surface area contributed by atoms with Gasteiger partial charge in [0.15, 0.2) is 11.5 Å². The first-order valence-corrected chi connectivity index (χ1v) is 12.6. The molecule has 3 aromatic heterocycles. The second kappa shape index (κ2) is 10.3. The van der Waals surface area contributed by atoms with Gasteiger partial charge in [-0.15, -0.1) is 0 Å². The molecule has 198 valence electrons. The molecule has 0 bridgehead atoms. The molecule has 0 fully saturated rings. The van der Waals surface area contributed by atoms with Crippen LogP contribution in [0.5, 0.6) is 11.6 Å². The van der Waals surface area contributed by atoms with Crippen molar-refractivity contribution in [2.75, 3.05) is 32.3 Å². The predicted octanol–water partition coefficient (Wildman–Crippen LogP) is 5.22. The summed E-state index contributed by atoms with van der Waals surface area (Å²) in [6.45, 7) is 0. The van der Waals surface area contributed by atoms with Gasteiger partial charge in [-0.2, -0.15) is 24.6 Å². The van der Waals surface area contributed by atoms with Crippen LogP contribution in [0.2, 0.25) is 0 Å². The number of fused-ring (bicyclic) bond motifs is 1. The Morgan fingerprint density at radius 1 is 0.675 bits per heavy atom. The van der Waals surface area contributed by atoms with Crippen molar-refractivity contribution in [1.82, 2.24) is 29.5 Å². The highest BCUT2D eigenvalue weighted by Crippen LogP contribution is 2.42. The van der Waals surface area contributed by atoms with Crippen LogP contribution in [0.15, 0.2) is 84.9 Å². The smallest absolute Gasteiger partial charge is 0.227 e. The van der Waals surface area contributed by atoms with E-state index in [1.807, 2.05) is 84.9 Å². The van der Waals surface area contributed by atoms with Crippen LogP contribution in [-0.2, 0) is 0 Å². The molecule has 0 saturated carbocycles. The van der Waals surface area contributed by atoms with Gasteiger partial charge in [0.25, 0.3) is 0 Å². The van der Waals surface area contributed by atoms with Gasteiger partial charge in [0.1, 0.15) is 17.1 Å². The van der Waals surface area contributed by atoms with Crippen LogP contribution < -0.4 is 20.5 Å². The average Bonchev–Trinajstić information content (AvgIpc) is 3.40. The second-order valence-electron chi connectivity index (χ2n) is 8.86. The average molecular weight is 531 g/mol. The lowest BCUT2D eigenvalue weighted by Gasteiger charge is -2.15. The zero-order valence-corrected chi connectivity index (χ0v) is 22.2. The molecule has 3 N–H and O–H groups in total. The number of nitrogen functional groups attached to an aromatic ring is 1. The first-order valence-electron chi connectivity index (χ1n) is 12.6. The number of anilines is 2. The molecule has 10 nitrogen and oxygen atoms in total. The van der Waals surface area contributed by atoms with Gasteiger partial charge in [-0.1, -0.05) is 72.8 Å². The van der Waals surface area contributed by atoms with E-state index in [1.165, 1.54) is 0 Å². The number of aromatic nitrogens is 6. The van der Waals surface area contributed by atoms with E-state index in [0.29, 0.717) is 34.6 Å². The fourth-order valence-electron chi connectivity index (χ4n) is 4.67. The lowest BCUT2D eigenvalue weighted by molar-refractivity contribution is 0.387. The molecule has 0 spiro atoms. The minimum atomic E-state index is 0.0671. The minimum absolute atomic E-state index is 0.0671. The summed E-state index contributed by atoms with van der Waals surface area (Å²) in [6, 6.07) is 27.6. The van der Waals surface area contributed by atoms with E-state index in [1.54, 1.807) is 25.8 Å². The summed E-state index contributed by atoms with van der Waals surface area (Å²) in [6.07, 6.45) is 0. The number of benzene rings is 3. The molecule has 0 atom stereocenters. The third kappa shape index (κ3) is 4.31. The number of hydrogen-bond acceptors (Lipinski definition) is 9. The first kappa shape index (κ1) is 24.8. The normalized spacial score (nSPS) is 11.0. The number of nitrogens with two attached hydrogens (primary N) is 1. The highest BCUT2D eigenvalue weighted by atomic mass is 16.5. The number of ether oxygens (including phenoxy) is 2. The standard InChI is InChI=1S/C30H26N8O2/c1-32-30-35-26(34-29(31)36-30)25-23(19-14-16-21(39-2)17-15-19)28(40-3)38-27(33-25)22(18-10-6-4-7-11-18)24(37-38)20-12-8-5-9-13-20/h4-17H,1-3H3,(H3,31,32,34,35,36). The molecule has 0 saturated heterocycles. The molecule has 6 aromatic rings. The van der Waals surface area contributed by atoms with Gasteiger partial charge < -0.3 is 20.5 Å². The topological polar surface area (TPSA) is 125 Å². The molecule has 0 aliphatic rings. The Kier molecular flexibility index (Phi) is 6.41. The van der Waals surface area contributed by atoms with Gasteiger partial charge >= 0.3 is 0 Å². The van der Waals surface area contributed by atoms with E-state index < -0.39 is 0 Å². The summed E-state index contributed by atoms with van der Waals surface area (Å²) in [4.78, 5) is 18.4. The SMILES string of the molecule is CNc1nc(N)nc(-c2nc3c(-c4ccccc4)c(-c4ccccc4)nn3c(OC)c2-c2ccc(OC)cc2)n1. The van der Waals surface area contributed by atoms with Gasteiger partial charge in [-0.05, 0) is 23.3 Å². The highest BCUT2D eigenvalue weighted by molar-refractivity contribution is 5.94. The van der Waals surface area contributed by atoms with Crippen LogP contribution in [0.25, 0.3) is 50.7 Å². The molecule has 0 radical (unpaired) electrons. The van der Waals surface area contributed by atoms with Crippen molar-refractivity contribution in [3.63, 3.8) is 0 Å². The Morgan fingerprint density at radius 2 is 1.32 bits per heavy atom. The summed E-state index contributed by atoms with van der Waals surface area (Å²) >= 11 is 0. The zero-order valence-electron chi connectivity index (χ0n) is 22.2. The maximum absolute atomic E-state index is 6.09. The van der Waals surface area contributed by atoms with Crippen LogP contribution in [-0.4, -0.2) is 50.8 Å². The van der Waals surface area contributed by atoms with Gasteiger partial charge in [-0.3, -0.25) is 0 Å². The van der Waals surface area contributed by atoms with Crippen molar-refractivity contribution >= 4 is 17.5 Å². The summed E-state index contributed by atoms with van der Waals surface area (Å²) in [5.74, 6) is 1.87. The molecular formula is C30H26N8O2. The summed E-state index contributed by atoms with van der Waals surface area (Å²) < 4.78 is 13.2. The van der Waals surface area contributed by atoms with Crippen molar-refractivity contribution < 1.29 is 9.47 Å². The Bertz CT molecular complexity index is 1800. The highest BCUT2D eigenvalue weighted by Gasteiger charge is 2.27. The lowest BCUT2D eigenvalue weighted by atomic mass is 10.0. The van der Waals surface area contributed by atoms with Gasteiger partial charge in [0.05, 0.1) is 25.3 Å². The van der Waals surface area contributed by atoms with Crippen LogP contribution in [0.4, 0.5) is 11.9 Å². The molecule has 0 aliphatic carbocycles. The van der Waals surface area contributed by atoms with Crippen LogP contribution in [0.1, 0.15) is 0 Å². The molecule has 0 amide bonds. The fourth-order valence-corrected chi connectivity index (χ4v) is 4.67. The molecule has 3 heterocycles. The van der Waals surface area contributed by atoms with Crippen LogP contribution >= 0.6 is 0 Å². The monoisotopic (exact) mass is 530 g/mol.